The van der Waals surface area contributed by atoms with Crippen molar-refractivity contribution in [2.75, 3.05) is 24.2 Å². The molecule has 0 saturated heterocycles. The molecule has 0 aliphatic rings. The van der Waals surface area contributed by atoms with Gasteiger partial charge >= 0.3 is 0 Å². The molecule has 0 radical (unpaired) electrons. The summed E-state index contributed by atoms with van der Waals surface area (Å²) < 4.78 is 37.6. The van der Waals surface area contributed by atoms with E-state index in [1.165, 1.54) is 6.33 Å². The lowest BCUT2D eigenvalue weighted by Gasteiger charge is -2.16. The van der Waals surface area contributed by atoms with E-state index in [1.807, 2.05) is 39.0 Å². The quantitative estimate of drug-likeness (QED) is 0.513. The molecule has 0 amide bonds. The van der Waals surface area contributed by atoms with E-state index in [-0.39, 0.29) is 0 Å². The number of pyridine rings is 1. The molecule has 2 aromatic heterocycles. The number of anilines is 1. The average molecular weight is 457 g/mol. The fourth-order valence-corrected chi connectivity index (χ4v) is 3.99. The zero-order chi connectivity index (χ0) is 23.3. The van der Waals surface area contributed by atoms with Crippen LogP contribution in [-0.2, 0) is 16.4 Å². The Bertz CT molecular complexity index is 1210. The Labute approximate surface area is 189 Å². The van der Waals surface area contributed by atoms with Gasteiger partial charge in [-0.1, -0.05) is 6.92 Å². The lowest BCUT2D eigenvalue weighted by Crippen LogP contribution is -2.11. The van der Waals surface area contributed by atoms with Crippen molar-refractivity contribution in [3.8, 4) is 33.9 Å². The number of benzene rings is 1. The summed E-state index contributed by atoms with van der Waals surface area (Å²) >= 11 is 0. The van der Waals surface area contributed by atoms with Gasteiger partial charge in [0.15, 0.2) is 11.5 Å². The van der Waals surface area contributed by atoms with Crippen LogP contribution in [0.1, 0.15) is 32.2 Å². The largest absolute Gasteiger partial charge is 0.490 e. The molecule has 0 unspecified atom stereocenters. The van der Waals surface area contributed by atoms with Crippen molar-refractivity contribution in [3.63, 3.8) is 0 Å². The van der Waals surface area contributed by atoms with E-state index in [9.17, 15) is 8.42 Å². The van der Waals surface area contributed by atoms with Crippen molar-refractivity contribution >= 4 is 15.7 Å². The van der Waals surface area contributed by atoms with E-state index < -0.39 is 10.0 Å². The van der Waals surface area contributed by atoms with E-state index in [4.69, 9.17) is 9.47 Å². The highest BCUT2D eigenvalue weighted by molar-refractivity contribution is 7.92. The zero-order valence-electron chi connectivity index (χ0n) is 19.0. The summed E-state index contributed by atoms with van der Waals surface area (Å²) in [5.41, 5.74) is 4.89. The average Bonchev–Trinajstić information content (AvgIpc) is 2.75. The van der Waals surface area contributed by atoms with E-state index in [2.05, 4.69) is 19.7 Å². The van der Waals surface area contributed by atoms with Crippen LogP contribution in [0.5, 0.6) is 11.5 Å². The number of ether oxygens (including phenoxy) is 2. The molecule has 170 valence electrons. The molecule has 9 heteroatoms. The van der Waals surface area contributed by atoms with Crippen molar-refractivity contribution in [3.05, 3.63) is 48.2 Å². The predicted octanol–water partition coefficient (Wildman–Crippen LogP) is 4.25. The number of aromatic nitrogens is 3. The third-order valence-electron chi connectivity index (χ3n) is 4.75. The van der Waals surface area contributed by atoms with Crippen molar-refractivity contribution < 1.29 is 17.9 Å². The Hall–Kier alpha value is -3.20. The molecule has 2 heterocycles. The maximum absolute atomic E-state index is 11.8. The van der Waals surface area contributed by atoms with Gasteiger partial charge in [-0.3, -0.25) is 9.71 Å². The van der Waals surface area contributed by atoms with Crippen LogP contribution in [0.25, 0.3) is 22.4 Å². The molecule has 0 saturated carbocycles. The Balaban J connectivity index is 2.20. The molecule has 1 aromatic carbocycles. The maximum atomic E-state index is 11.8. The molecule has 3 rings (SSSR count). The molecule has 0 fully saturated rings. The Morgan fingerprint density at radius 1 is 0.938 bits per heavy atom. The first kappa shape index (κ1) is 23.5. The van der Waals surface area contributed by atoms with Gasteiger partial charge < -0.3 is 9.47 Å². The smallest absolute Gasteiger partial charge is 0.229 e. The van der Waals surface area contributed by atoms with E-state index in [0.717, 1.165) is 28.6 Å². The van der Waals surface area contributed by atoms with Crippen LogP contribution in [0, 0.1) is 6.92 Å². The SMILES string of the molecule is CCOc1ccc(-c2ncnc(CC)c2-c2cnc(C)c(NS(C)(=O)=O)c2)cc1OCC. The van der Waals surface area contributed by atoms with E-state index in [1.54, 1.807) is 19.2 Å². The van der Waals surface area contributed by atoms with Gasteiger partial charge in [0.1, 0.15) is 6.33 Å². The van der Waals surface area contributed by atoms with Gasteiger partial charge in [-0.15, -0.1) is 0 Å². The maximum Gasteiger partial charge on any atom is 0.229 e. The summed E-state index contributed by atoms with van der Waals surface area (Å²) in [5.74, 6) is 1.30. The van der Waals surface area contributed by atoms with Crippen LogP contribution in [-0.4, -0.2) is 42.8 Å². The number of hydrogen-bond donors (Lipinski definition) is 1. The first-order chi connectivity index (χ1) is 15.3. The lowest BCUT2D eigenvalue weighted by atomic mass is 9.97. The van der Waals surface area contributed by atoms with E-state index in [0.29, 0.717) is 48.2 Å². The molecule has 0 spiro atoms. The Morgan fingerprint density at radius 2 is 1.66 bits per heavy atom. The van der Waals surface area contributed by atoms with Crippen LogP contribution < -0.4 is 14.2 Å². The van der Waals surface area contributed by atoms with Gasteiger partial charge in [-0.25, -0.2) is 18.4 Å². The summed E-state index contributed by atoms with van der Waals surface area (Å²) in [6, 6.07) is 7.46. The molecule has 0 bridgehead atoms. The lowest BCUT2D eigenvalue weighted by molar-refractivity contribution is 0.288. The van der Waals surface area contributed by atoms with E-state index >= 15 is 0 Å². The molecule has 32 heavy (non-hydrogen) atoms. The number of sulfonamides is 1. The van der Waals surface area contributed by atoms with Gasteiger partial charge in [-0.05, 0) is 51.5 Å². The predicted molar refractivity (Wildman–Crippen MR) is 126 cm³/mol. The number of hydrogen-bond acceptors (Lipinski definition) is 7. The summed E-state index contributed by atoms with van der Waals surface area (Å²) in [4.78, 5) is 13.4. The number of nitrogens with zero attached hydrogens (tertiary/aromatic N) is 3. The van der Waals surface area contributed by atoms with Crippen LogP contribution in [0.4, 0.5) is 5.69 Å². The van der Waals surface area contributed by atoms with Crippen molar-refractivity contribution in [2.45, 2.75) is 34.1 Å². The molecule has 0 aliphatic carbocycles. The highest BCUT2D eigenvalue weighted by atomic mass is 32.2. The fourth-order valence-electron chi connectivity index (χ4n) is 3.38. The molecule has 0 aliphatic heterocycles. The van der Waals surface area contributed by atoms with Crippen molar-refractivity contribution in [1.29, 1.82) is 0 Å². The van der Waals surface area contributed by atoms with Crippen molar-refractivity contribution in [1.82, 2.24) is 15.0 Å². The monoisotopic (exact) mass is 456 g/mol. The molecule has 8 nitrogen and oxygen atoms in total. The Kier molecular flexibility index (Phi) is 7.29. The van der Waals surface area contributed by atoms with Gasteiger partial charge in [-0.2, -0.15) is 0 Å². The molecule has 0 atom stereocenters. The van der Waals surface area contributed by atoms with Gasteiger partial charge in [0.05, 0.1) is 42.2 Å². The summed E-state index contributed by atoms with van der Waals surface area (Å²) in [5, 5.41) is 0. The standard InChI is InChI=1S/C23H28N4O4S/c1-6-18-22(17-11-19(15(4)24-13-17)27-32(5,28)29)23(26-14-25-18)16-9-10-20(30-7-2)21(12-16)31-8-3/h9-14,27H,6-8H2,1-5H3. The van der Waals surface area contributed by atoms with Crippen LogP contribution in [0.2, 0.25) is 0 Å². The topological polar surface area (TPSA) is 103 Å². The van der Waals surface area contributed by atoms with Gasteiger partial charge in [0.2, 0.25) is 10.0 Å². The number of nitrogens with one attached hydrogen (secondary N) is 1. The molecule has 3 aromatic rings. The van der Waals surface area contributed by atoms with Gasteiger partial charge in [0, 0.05) is 22.9 Å². The minimum atomic E-state index is -3.45. The third kappa shape index (κ3) is 5.34. The summed E-state index contributed by atoms with van der Waals surface area (Å²) in [7, 11) is -3.45. The molecular weight excluding hydrogens is 428 g/mol. The van der Waals surface area contributed by atoms with Crippen LogP contribution >= 0.6 is 0 Å². The second kappa shape index (κ2) is 9.95. The molecule has 1 N–H and O–H groups in total. The van der Waals surface area contributed by atoms with Crippen LogP contribution in [0.15, 0.2) is 36.8 Å². The normalized spacial score (nSPS) is 11.3. The first-order valence-electron chi connectivity index (χ1n) is 10.5. The minimum absolute atomic E-state index is 0.420. The number of aryl methyl sites for hydroxylation is 2. The van der Waals surface area contributed by atoms with Gasteiger partial charge in [0.25, 0.3) is 0 Å². The Morgan fingerprint density at radius 3 is 2.31 bits per heavy atom. The minimum Gasteiger partial charge on any atom is -0.490 e. The molecular formula is C23H28N4O4S. The summed E-state index contributed by atoms with van der Waals surface area (Å²) in [6.07, 6.45) is 5.03. The second-order valence-electron chi connectivity index (χ2n) is 7.16. The third-order valence-corrected chi connectivity index (χ3v) is 5.34. The van der Waals surface area contributed by atoms with Crippen LogP contribution in [0.3, 0.4) is 0 Å². The highest BCUT2D eigenvalue weighted by Crippen LogP contribution is 2.38. The zero-order valence-corrected chi connectivity index (χ0v) is 19.8. The summed E-state index contributed by atoms with van der Waals surface area (Å²) in [6.45, 7) is 8.64. The van der Waals surface area contributed by atoms with Crippen molar-refractivity contribution in [2.24, 2.45) is 0 Å². The second-order valence-corrected chi connectivity index (χ2v) is 8.90. The first-order valence-corrected chi connectivity index (χ1v) is 12.3. The number of rotatable bonds is 9. The highest BCUT2D eigenvalue weighted by Gasteiger charge is 2.18. The fraction of sp³-hybridized carbons (Fsp3) is 0.348.